The Labute approximate surface area is 159 Å². The maximum Gasteiger partial charge on any atom is 0.416 e. The van der Waals surface area contributed by atoms with Gasteiger partial charge in [-0.05, 0) is 30.2 Å². The van der Waals surface area contributed by atoms with Crippen molar-refractivity contribution in [3.05, 3.63) is 54.0 Å². The van der Waals surface area contributed by atoms with Crippen molar-refractivity contribution >= 4 is 11.8 Å². The van der Waals surface area contributed by atoms with Crippen LogP contribution in [0.4, 0.5) is 23.8 Å². The lowest BCUT2D eigenvalue weighted by atomic mass is 9.98. The van der Waals surface area contributed by atoms with Gasteiger partial charge < -0.3 is 11.1 Å². The molecular weight excluding hydrogens is 371 g/mol. The molecule has 0 bridgehead atoms. The molecule has 2 heterocycles. The van der Waals surface area contributed by atoms with Crippen LogP contribution < -0.4 is 11.1 Å². The van der Waals surface area contributed by atoms with E-state index in [0.717, 1.165) is 12.1 Å². The highest BCUT2D eigenvalue weighted by molar-refractivity contribution is 5.86. The lowest BCUT2D eigenvalue weighted by molar-refractivity contribution is -0.137. The Hall–Kier alpha value is -3.36. The molecule has 2 aromatic heterocycles. The summed E-state index contributed by atoms with van der Waals surface area (Å²) >= 11 is 0. The highest BCUT2D eigenvalue weighted by atomic mass is 19.4. The molecule has 0 radical (unpaired) electrons. The lowest BCUT2D eigenvalue weighted by Crippen LogP contribution is -2.24. The molecule has 1 aromatic carbocycles. The largest absolute Gasteiger partial charge is 0.416 e. The Balaban J connectivity index is 2.25. The van der Waals surface area contributed by atoms with Crippen molar-refractivity contribution in [2.24, 2.45) is 0 Å². The molecule has 0 atom stereocenters. The molecule has 0 spiro atoms. The zero-order chi connectivity index (χ0) is 20.5. The first-order valence-corrected chi connectivity index (χ1v) is 8.47. The molecule has 0 saturated carbocycles. The Morgan fingerprint density at radius 2 is 1.96 bits per heavy atom. The fourth-order valence-corrected chi connectivity index (χ4v) is 2.93. The van der Waals surface area contributed by atoms with E-state index in [9.17, 15) is 18.0 Å². The minimum absolute atomic E-state index is 0.243. The van der Waals surface area contributed by atoms with Crippen LogP contribution in [-0.2, 0) is 12.6 Å². The molecule has 0 unspecified atom stereocenters. The van der Waals surface area contributed by atoms with E-state index in [1.54, 1.807) is 6.07 Å². The maximum absolute atomic E-state index is 13.2. The number of carbonyl (C=O) groups is 1. The smallest absolute Gasteiger partial charge is 0.384 e. The molecule has 0 aliphatic rings. The fourth-order valence-electron chi connectivity index (χ4n) is 2.93. The molecule has 28 heavy (non-hydrogen) atoms. The predicted molar refractivity (Wildman–Crippen MR) is 99.5 cm³/mol. The number of alkyl halides is 3. The normalized spacial score (nSPS) is 11.5. The van der Waals surface area contributed by atoms with Crippen LogP contribution in [0.3, 0.4) is 0 Å². The summed E-state index contributed by atoms with van der Waals surface area (Å²) in [5.74, 6) is 0.243. The highest BCUT2D eigenvalue weighted by Gasteiger charge is 2.31. The van der Waals surface area contributed by atoms with Crippen molar-refractivity contribution in [1.29, 1.82) is 0 Å². The summed E-state index contributed by atoms with van der Waals surface area (Å²) < 4.78 is 41.0. The third kappa shape index (κ3) is 3.68. The molecule has 6 nitrogen and oxygen atoms in total. The van der Waals surface area contributed by atoms with Crippen LogP contribution in [-0.4, -0.2) is 27.6 Å². The van der Waals surface area contributed by atoms with Crippen molar-refractivity contribution in [2.75, 3.05) is 12.8 Å². The van der Waals surface area contributed by atoms with Crippen molar-refractivity contribution < 1.29 is 18.0 Å². The van der Waals surface area contributed by atoms with Crippen molar-refractivity contribution in [3.8, 4) is 22.5 Å². The number of hydrogen-bond acceptors (Lipinski definition) is 4. The summed E-state index contributed by atoms with van der Waals surface area (Å²) in [6, 6.07) is 6.20. The summed E-state index contributed by atoms with van der Waals surface area (Å²) in [6.45, 7) is 1.84. The fraction of sp³-hybridized carbons (Fsp3) is 0.211. The van der Waals surface area contributed by atoms with E-state index in [1.165, 1.54) is 36.3 Å². The minimum atomic E-state index is -4.49. The van der Waals surface area contributed by atoms with Crippen LogP contribution in [0, 0.1) is 0 Å². The number of halogens is 3. The van der Waals surface area contributed by atoms with E-state index in [-0.39, 0.29) is 5.82 Å². The van der Waals surface area contributed by atoms with E-state index in [1.807, 2.05) is 6.92 Å². The zero-order valence-corrected chi connectivity index (χ0v) is 15.2. The van der Waals surface area contributed by atoms with Crippen molar-refractivity contribution in [2.45, 2.75) is 19.5 Å². The number of rotatable bonds is 3. The molecule has 146 valence electrons. The molecule has 0 aliphatic carbocycles. The quantitative estimate of drug-likeness (QED) is 0.710. The number of nitrogen functional groups attached to an aromatic ring is 1. The van der Waals surface area contributed by atoms with Crippen LogP contribution in [0.2, 0.25) is 0 Å². The van der Waals surface area contributed by atoms with E-state index in [2.05, 4.69) is 15.3 Å². The van der Waals surface area contributed by atoms with Crippen LogP contribution in [0.1, 0.15) is 18.1 Å². The van der Waals surface area contributed by atoms with Gasteiger partial charge in [0.25, 0.3) is 0 Å². The highest BCUT2D eigenvalue weighted by Crippen LogP contribution is 2.36. The van der Waals surface area contributed by atoms with Gasteiger partial charge in [-0.3, -0.25) is 4.57 Å². The first kappa shape index (κ1) is 19.4. The van der Waals surface area contributed by atoms with E-state index >= 15 is 0 Å². The second-order valence-electron chi connectivity index (χ2n) is 6.09. The van der Waals surface area contributed by atoms with Gasteiger partial charge in [-0.2, -0.15) is 13.2 Å². The predicted octanol–water partition coefficient (Wildman–Crippen LogP) is 3.96. The van der Waals surface area contributed by atoms with E-state index in [4.69, 9.17) is 5.73 Å². The average molecular weight is 389 g/mol. The topological polar surface area (TPSA) is 85.8 Å². The number of anilines is 1. The standard InChI is InChI=1S/C19H18F3N5O/c1-3-11-4-5-13(19(20,21)22)7-14(11)16-6-12(9-27(16)18(28)24-2)15-8-17(23)26-10-25-15/h4-10H,3H2,1-2H3,(H,24,28)(H2,23,25,26). The SMILES string of the molecule is CCc1ccc(C(F)(F)F)cc1-c1cc(-c2cc(N)ncn2)cn1C(=O)NC. The first-order valence-electron chi connectivity index (χ1n) is 8.47. The number of nitrogens with zero attached hydrogens (tertiary/aromatic N) is 3. The van der Waals surface area contributed by atoms with Gasteiger partial charge >= 0.3 is 12.2 Å². The number of benzene rings is 1. The molecule has 3 aromatic rings. The van der Waals surface area contributed by atoms with Gasteiger partial charge in [-0.15, -0.1) is 0 Å². The monoisotopic (exact) mass is 389 g/mol. The van der Waals surface area contributed by atoms with Gasteiger partial charge in [0, 0.05) is 30.4 Å². The molecular formula is C19H18F3N5O. The molecule has 3 N–H and O–H groups in total. The Kier molecular flexibility index (Phi) is 5.08. The van der Waals surface area contributed by atoms with Gasteiger partial charge in [0.15, 0.2) is 0 Å². The van der Waals surface area contributed by atoms with Gasteiger partial charge in [0.1, 0.15) is 12.1 Å². The summed E-state index contributed by atoms with van der Waals surface area (Å²) in [5.41, 5.74) is 7.24. The van der Waals surface area contributed by atoms with Gasteiger partial charge in [0.05, 0.1) is 17.0 Å². The molecule has 0 fully saturated rings. The third-order valence-corrected chi connectivity index (χ3v) is 4.33. The summed E-state index contributed by atoms with van der Waals surface area (Å²) in [4.78, 5) is 20.3. The average Bonchev–Trinajstić information content (AvgIpc) is 3.11. The van der Waals surface area contributed by atoms with Crippen molar-refractivity contribution in [3.63, 3.8) is 0 Å². The second kappa shape index (κ2) is 7.34. The Bertz CT molecular complexity index is 1030. The van der Waals surface area contributed by atoms with Gasteiger partial charge in [-0.25, -0.2) is 14.8 Å². The summed E-state index contributed by atoms with van der Waals surface area (Å²) in [7, 11) is 1.45. The first-order chi connectivity index (χ1) is 13.2. The number of aryl methyl sites for hydroxylation is 1. The van der Waals surface area contributed by atoms with Crippen LogP contribution >= 0.6 is 0 Å². The molecule has 0 aliphatic heterocycles. The Morgan fingerprint density at radius 3 is 2.57 bits per heavy atom. The van der Waals surface area contributed by atoms with E-state index < -0.39 is 17.8 Å². The summed E-state index contributed by atoms with van der Waals surface area (Å²) in [6.07, 6.45) is -1.20. The molecule has 9 heteroatoms. The van der Waals surface area contributed by atoms with Gasteiger partial charge in [0.2, 0.25) is 0 Å². The number of carbonyl (C=O) groups excluding carboxylic acids is 1. The molecule has 0 saturated heterocycles. The van der Waals surface area contributed by atoms with E-state index in [0.29, 0.717) is 34.5 Å². The zero-order valence-electron chi connectivity index (χ0n) is 15.2. The number of aromatic nitrogens is 3. The number of nitrogens with one attached hydrogen (secondary N) is 1. The Morgan fingerprint density at radius 1 is 1.21 bits per heavy atom. The number of nitrogens with two attached hydrogens (primary N) is 1. The lowest BCUT2D eigenvalue weighted by Gasteiger charge is -2.14. The number of hydrogen-bond donors (Lipinski definition) is 2. The van der Waals surface area contributed by atoms with Crippen LogP contribution in [0.15, 0.2) is 42.9 Å². The van der Waals surface area contributed by atoms with Crippen LogP contribution in [0.25, 0.3) is 22.5 Å². The second-order valence-corrected chi connectivity index (χ2v) is 6.09. The maximum atomic E-state index is 13.2. The van der Waals surface area contributed by atoms with Crippen LogP contribution in [0.5, 0.6) is 0 Å². The third-order valence-electron chi connectivity index (χ3n) is 4.33. The molecule has 3 rings (SSSR count). The van der Waals surface area contributed by atoms with Gasteiger partial charge in [-0.1, -0.05) is 13.0 Å². The summed E-state index contributed by atoms with van der Waals surface area (Å²) in [5, 5.41) is 2.49. The number of amides is 1. The molecule has 1 amide bonds. The minimum Gasteiger partial charge on any atom is -0.384 e. The van der Waals surface area contributed by atoms with Crippen molar-refractivity contribution in [1.82, 2.24) is 19.9 Å².